The van der Waals surface area contributed by atoms with Gasteiger partial charge < -0.3 is 5.11 Å². The van der Waals surface area contributed by atoms with E-state index in [2.05, 4.69) is 6.92 Å². The third kappa shape index (κ3) is 5.87. The lowest BCUT2D eigenvalue weighted by molar-refractivity contribution is -0.136. The van der Waals surface area contributed by atoms with Gasteiger partial charge in [0.1, 0.15) is 0 Å². The second-order valence-electron chi connectivity index (χ2n) is 5.41. The molecule has 5 heteroatoms. The maximum Gasteiger partial charge on any atom is 0.307 e. The van der Waals surface area contributed by atoms with Crippen molar-refractivity contribution in [3.05, 3.63) is 29.8 Å². The summed E-state index contributed by atoms with van der Waals surface area (Å²) in [5.41, 5.74) is 0.611. The summed E-state index contributed by atoms with van der Waals surface area (Å²) in [6.45, 7) is 4.12. The summed E-state index contributed by atoms with van der Waals surface area (Å²) in [4.78, 5) is 10.9. The molecule has 1 N–H and O–H groups in total. The van der Waals surface area contributed by atoms with Gasteiger partial charge in [0.25, 0.3) is 0 Å². The van der Waals surface area contributed by atoms with Gasteiger partial charge in [-0.2, -0.15) is 0 Å². The lowest BCUT2D eigenvalue weighted by Crippen LogP contribution is -2.16. The Morgan fingerprint density at radius 2 is 1.81 bits per heavy atom. The number of benzene rings is 1. The third-order valence-electron chi connectivity index (χ3n) is 3.64. The largest absolute Gasteiger partial charge is 0.481 e. The van der Waals surface area contributed by atoms with Crippen molar-refractivity contribution in [3.63, 3.8) is 0 Å². The van der Waals surface area contributed by atoms with Gasteiger partial charge >= 0.3 is 5.97 Å². The lowest BCUT2D eigenvalue weighted by atomic mass is 10.0. The van der Waals surface area contributed by atoms with Crippen LogP contribution in [0.3, 0.4) is 0 Å². The second-order valence-corrected chi connectivity index (χ2v) is 7.45. The molecule has 0 bridgehead atoms. The van der Waals surface area contributed by atoms with Crippen LogP contribution in [0.15, 0.2) is 29.2 Å². The van der Waals surface area contributed by atoms with Crippen LogP contribution in [0.2, 0.25) is 0 Å². The molecule has 0 aromatic heterocycles. The summed E-state index contributed by atoms with van der Waals surface area (Å²) >= 11 is 0. The fourth-order valence-corrected chi connectivity index (χ4v) is 4.06. The number of carboxylic acid groups (broad SMARTS) is 1. The standard InChI is InChI=1S/C16H24O4S/c1-3-5-6-13(4-2)12-21(19,20)15-9-7-14(8-10-15)11-16(17)18/h7-10,13H,3-6,11-12H2,1-2H3,(H,17,18). The Bertz CT molecular complexity index is 546. The van der Waals surface area contributed by atoms with Gasteiger partial charge in [-0.25, -0.2) is 8.42 Å². The molecule has 0 amide bonds. The first kappa shape index (κ1) is 17.7. The molecule has 0 spiro atoms. The van der Waals surface area contributed by atoms with Crippen molar-refractivity contribution >= 4 is 15.8 Å². The van der Waals surface area contributed by atoms with Crippen LogP contribution in [0.25, 0.3) is 0 Å². The van der Waals surface area contributed by atoms with Gasteiger partial charge in [0.2, 0.25) is 0 Å². The van der Waals surface area contributed by atoms with E-state index in [-0.39, 0.29) is 23.0 Å². The van der Waals surface area contributed by atoms with E-state index in [0.717, 1.165) is 25.7 Å². The third-order valence-corrected chi connectivity index (χ3v) is 5.54. The fraction of sp³-hybridized carbons (Fsp3) is 0.562. The molecule has 0 aliphatic rings. The molecule has 1 unspecified atom stereocenters. The summed E-state index contributed by atoms with van der Waals surface area (Å²) in [6, 6.07) is 6.18. The van der Waals surface area contributed by atoms with Crippen LogP contribution in [-0.2, 0) is 21.1 Å². The van der Waals surface area contributed by atoms with Crippen LogP contribution in [0.4, 0.5) is 0 Å². The summed E-state index contributed by atoms with van der Waals surface area (Å²) in [6.07, 6.45) is 3.82. The molecule has 0 aliphatic carbocycles. The number of unbranched alkanes of at least 4 members (excludes halogenated alkanes) is 1. The molecule has 1 aromatic carbocycles. The first-order valence-electron chi connectivity index (χ1n) is 7.42. The minimum Gasteiger partial charge on any atom is -0.481 e. The Balaban J connectivity index is 2.79. The van der Waals surface area contributed by atoms with Crippen LogP contribution in [-0.4, -0.2) is 25.2 Å². The van der Waals surface area contributed by atoms with E-state index in [9.17, 15) is 13.2 Å². The van der Waals surface area contributed by atoms with E-state index in [0.29, 0.717) is 5.56 Å². The van der Waals surface area contributed by atoms with E-state index in [1.54, 1.807) is 12.1 Å². The van der Waals surface area contributed by atoms with Crippen LogP contribution in [0.1, 0.15) is 45.1 Å². The Morgan fingerprint density at radius 3 is 2.29 bits per heavy atom. The van der Waals surface area contributed by atoms with Crippen LogP contribution in [0, 0.1) is 5.92 Å². The summed E-state index contributed by atoms with van der Waals surface area (Å²) in [5, 5.41) is 8.71. The molecule has 0 radical (unpaired) electrons. The van der Waals surface area contributed by atoms with Crippen molar-refractivity contribution < 1.29 is 18.3 Å². The van der Waals surface area contributed by atoms with Crippen LogP contribution < -0.4 is 0 Å². The van der Waals surface area contributed by atoms with Gasteiger partial charge in [0, 0.05) is 0 Å². The van der Waals surface area contributed by atoms with Crippen molar-refractivity contribution in [2.24, 2.45) is 5.92 Å². The minimum absolute atomic E-state index is 0.0889. The first-order valence-corrected chi connectivity index (χ1v) is 9.07. The SMILES string of the molecule is CCCCC(CC)CS(=O)(=O)c1ccc(CC(=O)O)cc1. The zero-order valence-electron chi connectivity index (χ0n) is 12.7. The number of hydrogen-bond acceptors (Lipinski definition) is 3. The highest BCUT2D eigenvalue weighted by molar-refractivity contribution is 7.91. The van der Waals surface area contributed by atoms with E-state index in [1.807, 2.05) is 6.92 Å². The highest BCUT2D eigenvalue weighted by atomic mass is 32.2. The predicted octanol–water partition coefficient (Wildman–Crippen LogP) is 3.30. The Kier molecular flexibility index (Phi) is 6.89. The highest BCUT2D eigenvalue weighted by Crippen LogP contribution is 2.20. The number of rotatable bonds is 9. The topological polar surface area (TPSA) is 71.4 Å². The average Bonchev–Trinajstić information content (AvgIpc) is 2.43. The molecule has 1 aromatic rings. The molecule has 0 aliphatic heterocycles. The molecule has 4 nitrogen and oxygen atoms in total. The van der Waals surface area contributed by atoms with Crippen molar-refractivity contribution in [1.82, 2.24) is 0 Å². The highest BCUT2D eigenvalue weighted by Gasteiger charge is 2.20. The summed E-state index contributed by atoms with van der Waals surface area (Å²) < 4.78 is 24.8. The van der Waals surface area contributed by atoms with Crippen LogP contribution in [0.5, 0.6) is 0 Å². The zero-order valence-corrected chi connectivity index (χ0v) is 13.5. The normalized spacial score (nSPS) is 13.0. The molecule has 118 valence electrons. The molecule has 0 fully saturated rings. The van der Waals surface area contributed by atoms with E-state index >= 15 is 0 Å². The quantitative estimate of drug-likeness (QED) is 0.759. The van der Waals surface area contributed by atoms with E-state index in [1.165, 1.54) is 12.1 Å². The van der Waals surface area contributed by atoms with Crippen molar-refractivity contribution in [2.45, 2.75) is 50.8 Å². The van der Waals surface area contributed by atoms with Crippen molar-refractivity contribution in [2.75, 3.05) is 5.75 Å². The molecular formula is C16H24O4S. The second kappa shape index (κ2) is 8.17. The fourth-order valence-electron chi connectivity index (χ4n) is 2.29. The molecular weight excluding hydrogens is 288 g/mol. The molecule has 0 saturated heterocycles. The lowest BCUT2D eigenvalue weighted by Gasteiger charge is -2.14. The maximum absolute atomic E-state index is 12.4. The van der Waals surface area contributed by atoms with Crippen LogP contribution >= 0.6 is 0 Å². The minimum atomic E-state index is -3.29. The molecule has 1 atom stereocenters. The van der Waals surface area contributed by atoms with Gasteiger partial charge in [0.05, 0.1) is 17.1 Å². The molecule has 0 heterocycles. The zero-order chi connectivity index (χ0) is 15.9. The average molecular weight is 312 g/mol. The number of carbonyl (C=O) groups is 1. The Labute approximate surface area is 127 Å². The van der Waals surface area contributed by atoms with Gasteiger partial charge in [-0.05, 0) is 30.0 Å². The van der Waals surface area contributed by atoms with Gasteiger partial charge in [-0.15, -0.1) is 0 Å². The molecule has 0 saturated carbocycles. The summed E-state index contributed by atoms with van der Waals surface area (Å²) in [5.74, 6) is -0.563. The van der Waals surface area contributed by atoms with Crippen molar-refractivity contribution in [3.8, 4) is 0 Å². The smallest absolute Gasteiger partial charge is 0.307 e. The number of hydrogen-bond donors (Lipinski definition) is 1. The van der Waals surface area contributed by atoms with E-state index in [4.69, 9.17) is 5.11 Å². The monoisotopic (exact) mass is 312 g/mol. The summed E-state index contributed by atoms with van der Waals surface area (Å²) in [7, 11) is -3.29. The molecule has 21 heavy (non-hydrogen) atoms. The number of carboxylic acids is 1. The number of sulfone groups is 1. The number of aliphatic carboxylic acids is 1. The van der Waals surface area contributed by atoms with E-state index < -0.39 is 15.8 Å². The first-order chi connectivity index (χ1) is 9.89. The van der Waals surface area contributed by atoms with Crippen molar-refractivity contribution in [1.29, 1.82) is 0 Å². The van der Waals surface area contributed by atoms with Gasteiger partial charge in [-0.1, -0.05) is 45.2 Å². The maximum atomic E-state index is 12.4. The Hall–Kier alpha value is -1.36. The van der Waals surface area contributed by atoms with Gasteiger partial charge in [-0.3, -0.25) is 4.79 Å². The van der Waals surface area contributed by atoms with Gasteiger partial charge in [0.15, 0.2) is 9.84 Å². The molecule has 1 rings (SSSR count). The Morgan fingerprint density at radius 1 is 1.19 bits per heavy atom. The predicted molar refractivity (Wildman–Crippen MR) is 83.1 cm³/mol.